The van der Waals surface area contributed by atoms with Crippen molar-refractivity contribution in [2.24, 2.45) is 5.92 Å². The Morgan fingerprint density at radius 2 is 2.00 bits per heavy atom. The summed E-state index contributed by atoms with van der Waals surface area (Å²) in [4.78, 5) is 12.1. The summed E-state index contributed by atoms with van der Waals surface area (Å²) in [6.45, 7) is 2.77. The van der Waals surface area contributed by atoms with E-state index in [0.717, 1.165) is 25.7 Å². The number of carbonyl (C=O) groups is 1. The maximum Gasteiger partial charge on any atom is 0.223 e. The normalized spacial score (nSPS) is 34.2. The molecule has 1 aliphatic carbocycles. The maximum atomic E-state index is 12.1. The molecular formula is C14H25NO3. The van der Waals surface area contributed by atoms with Gasteiger partial charge in [0.25, 0.3) is 0 Å². The molecule has 18 heavy (non-hydrogen) atoms. The van der Waals surface area contributed by atoms with Crippen LogP contribution in [0.5, 0.6) is 0 Å². The summed E-state index contributed by atoms with van der Waals surface area (Å²) in [6.07, 6.45) is 7.22. The third-order valence-electron chi connectivity index (χ3n) is 4.45. The van der Waals surface area contributed by atoms with Crippen LogP contribution in [0.15, 0.2) is 0 Å². The largest absolute Gasteiger partial charge is 0.385 e. The van der Waals surface area contributed by atoms with E-state index in [1.54, 1.807) is 0 Å². The molecule has 2 unspecified atom stereocenters. The molecule has 2 aliphatic rings. The molecule has 0 radical (unpaired) electrons. The van der Waals surface area contributed by atoms with Crippen molar-refractivity contribution in [3.63, 3.8) is 0 Å². The number of carbonyl (C=O) groups excluding carboxylic acids is 1. The lowest BCUT2D eigenvalue weighted by Gasteiger charge is -2.27. The van der Waals surface area contributed by atoms with E-state index in [4.69, 9.17) is 4.74 Å². The van der Waals surface area contributed by atoms with E-state index >= 15 is 0 Å². The average molecular weight is 255 g/mol. The van der Waals surface area contributed by atoms with Gasteiger partial charge in [0.15, 0.2) is 0 Å². The summed E-state index contributed by atoms with van der Waals surface area (Å²) < 4.78 is 5.36. The van der Waals surface area contributed by atoms with Crippen molar-refractivity contribution in [2.75, 3.05) is 13.2 Å². The van der Waals surface area contributed by atoms with Crippen LogP contribution in [0.2, 0.25) is 0 Å². The van der Waals surface area contributed by atoms with Gasteiger partial charge in [-0.2, -0.15) is 0 Å². The van der Waals surface area contributed by atoms with Gasteiger partial charge in [0, 0.05) is 25.5 Å². The maximum absolute atomic E-state index is 12.1. The second-order valence-electron chi connectivity index (χ2n) is 5.77. The zero-order chi connectivity index (χ0) is 13.0. The predicted octanol–water partition coefficient (Wildman–Crippen LogP) is 1.61. The Morgan fingerprint density at radius 1 is 1.33 bits per heavy atom. The minimum absolute atomic E-state index is 0.115. The van der Waals surface area contributed by atoms with Crippen LogP contribution >= 0.6 is 0 Å². The van der Waals surface area contributed by atoms with Crippen LogP contribution in [0.25, 0.3) is 0 Å². The molecule has 4 heteroatoms. The quantitative estimate of drug-likeness (QED) is 0.753. The number of hydrogen-bond acceptors (Lipinski definition) is 3. The standard InChI is InChI=1S/C14H25NO3/c1-11-14(17,8-9-18-11)10-15-13(16)12-6-4-2-3-5-7-12/h11-12,17H,2-10H2,1H3,(H,15,16). The van der Waals surface area contributed by atoms with Crippen LogP contribution in [0.3, 0.4) is 0 Å². The fourth-order valence-corrected chi connectivity index (χ4v) is 2.93. The third-order valence-corrected chi connectivity index (χ3v) is 4.45. The first-order chi connectivity index (χ1) is 8.62. The Balaban J connectivity index is 1.80. The zero-order valence-electron chi connectivity index (χ0n) is 11.3. The molecule has 1 heterocycles. The summed E-state index contributed by atoms with van der Waals surface area (Å²) in [7, 11) is 0. The van der Waals surface area contributed by atoms with Crippen LogP contribution in [0, 0.1) is 5.92 Å². The lowest BCUT2D eigenvalue weighted by Crippen LogP contribution is -2.48. The Bertz CT molecular complexity index is 287. The first kappa shape index (κ1) is 13.8. The Labute approximate surface area is 109 Å². The van der Waals surface area contributed by atoms with Crippen molar-refractivity contribution >= 4 is 5.91 Å². The molecule has 0 bridgehead atoms. The van der Waals surface area contributed by atoms with Gasteiger partial charge in [0.2, 0.25) is 5.91 Å². The van der Waals surface area contributed by atoms with Gasteiger partial charge < -0.3 is 15.2 Å². The first-order valence-electron chi connectivity index (χ1n) is 7.23. The molecule has 2 rings (SSSR count). The third kappa shape index (κ3) is 3.23. The van der Waals surface area contributed by atoms with Crippen LogP contribution in [0.4, 0.5) is 0 Å². The van der Waals surface area contributed by atoms with E-state index in [9.17, 15) is 9.90 Å². The number of ether oxygens (including phenoxy) is 1. The highest BCUT2D eigenvalue weighted by Gasteiger charge is 2.40. The van der Waals surface area contributed by atoms with Gasteiger partial charge in [-0.05, 0) is 19.8 Å². The molecule has 1 aliphatic heterocycles. The molecule has 1 saturated carbocycles. The lowest BCUT2D eigenvalue weighted by molar-refractivity contribution is -0.127. The highest BCUT2D eigenvalue weighted by molar-refractivity contribution is 5.78. The summed E-state index contributed by atoms with van der Waals surface area (Å²) in [5.74, 6) is 0.262. The lowest BCUT2D eigenvalue weighted by atomic mass is 9.95. The van der Waals surface area contributed by atoms with Crippen molar-refractivity contribution in [3.05, 3.63) is 0 Å². The van der Waals surface area contributed by atoms with E-state index < -0.39 is 5.60 Å². The SMILES string of the molecule is CC1OCCC1(O)CNC(=O)C1CCCCCC1. The average Bonchev–Trinajstić information content (AvgIpc) is 2.61. The van der Waals surface area contributed by atoms with E-state index in [-0.39, 0.29) is 17.9 Å². The molecule has 1 saturated heterocycles. The van der Waals surface area contributed by atoms with Gasteiger partial charge >= 0.3 is 0 Å². The topological polar surface area (TPSA) is 58.6 Å². The molecular weight excluding hydrogens is 230 g/mol. The first-order valence-corrected chi connectivity index (χ1v) is 7.23. The molecule has 2 atom stereocenters. The van der Waals surface area contributed by atoms with Gasteiger partial charge in [0.1, 0.15) is 5.60 Å². The minimum Gasteiger partial charge on any atom is -0.385 e. The molecule has 104 valence electrons. The number of nitrogens with one attached hydrogen (secondary N) is 1. The smallest absolute Gasteiger partial charge is 0.223 e. The van der Waals surface area contributed by atoms with Crippen molar-refractivity contribution in [1.29, 1.82) is 0 Å². The Hall–Kier alpha value is -0.610. The second-order valence-corrected chi connectivity index (χ2v) is 5.77. The summed E-state index contributed by atoms with van der Waals surface area (Å²) in [5, 5.41) is 13.2. The van der Waals surface area contributed by atoms with Gasteiger partial charge in [-0.25, -0.2) is 0 Å². The summed E-state index contributed by atoms with van der Waals surface area (Å²) in [6, 6.07) is 0. The minimum atomic E-state index is -0.875. The van der Waals surface area contributed by atoms with E-state index in [1.165, 1.54) is 12.8 Å². The van der Waals surface area contributed by atoms with E-state index in [0.29, 0.717) is 19.6 Å². The second kappa shape index (κ2) is 6.02. The van der Waals surface area contributed by atoms with E-state index in [2.05, 4.69) is 5.32 Å². The Morgan fingerprint density at radius 3 is 2.56 bits per heavy atom. The molecule has 0 aromatic rings. The molecule has 0 aromatic carbocycles. The van der Waals surface area contributed by atoms with Crippen molar-refractivity contribution in [2.45, 2.75) is 63.6 Å². The van der Waals surface area contributed by atoms with Crippen LogP contribution in [-0.4, -0.2) is 35.9 Å². The Kier molecular flexibility index (Phi) is 4.62. The number of aliphatic hydroxyl groups is 1. The van der Waals surface area contributed by atoms with Gasteiger partial charge in [0.05, 0.1) is 6.10 Å². The van der Waals surface area contributed by atoms with Crippen LogP contribution in [0.1, 0.15) is 51.9 Å². The molecule has 1 amide bonds. The number of amides is 1. The van der Waals surface area contributed by atoms with Crippen molar-refractivity contribution < 1.29 is 14.6 Å². The van der Waals surface area contributed by atoms with Gasteiger partial charge in [-0.1, -0.05) is 25.7 Å². The number of rotatable bonds is 3. The monoisotopic (exact) mass is 255 g/mol. The van der Waals surface area contributed by atoms with Crippen LogP contribution in [-0.2, 0) is 9.53 Å². The fourth-order valence-electron chi connectivity index (χ4n) is 2.93. The molecule has 2 fully saturated rings. The van der Waals surface area contributed by atoms with E-state index in [1.807, 2.05) is 6.92 Å². The zero-order valence-corrected chi connectivity index (χ0v) is 11.3. The van der Waals surface area contributed by atoms with Crippen LogP contribution < -0.4 is 5.32 Å². The fraction of sp³-hybridized carbons (Fsp3) is 0.929. The summed E-state index contributed by atoms with van der Waals surface area (Å²) in [5.41, 5.74) is -0.875. The molecule has 4 nitrogen and oxygen atoms in total. The predicted molar refractivity (Wildman–Crippen MR) is 69.2 cm³/mol. The molecule has 0 spiro atoms. The van der Waals surface area contributed by atoms with Gasteiger partial charge in [-0.15, -0.1) is 0 Å². The molecule has 2 N–H and O–H groups in total. The highest BCUT2D eigenvalue weighted by Crippen LogP contribution is 2.26. The van der Waals surface area contributed by atoms with Crippen molar-refractivity contribution in [1.82, 2.24) is 5.32 Å². The summed E-state index contributed by atoms with van der Waals surface area (Å²) >= 11 is 0. The number of hydrogen-bond donors (Lipinski definition) is 2. The molecule has 0 aromatic heterocycles. The highest BCUT2D eigenvalue weighted by atomic mass is 16.5. The van der Waals surface area contributed by atoms with Gasteiger partial charge in [-0.3, -0.25) is 4.79 Å². The van der Waals surface area contributed by atoms with Crippen molar-refractivity contribution in [3.8, 4) is 0 Å².